The molecule has 0 atom stereocenters. The van der Waals surface area contributed by atoms with Gasteiger partial charge in [0.1, 0.15) is 5.69 Å². The molecule has 4 heteroatoms. The van der Waals surface area contributed by atoms with Gasteiger partial charge in [-0.15, -0.1) is 0 Å². The number of benzene rings is 1. The summed E-state index contributed by atoms with van der Waals surface area (Å²) in [5.41, 5.74) is 1.90. The molecule has 0 N–H and O–H groups in total. The van der Waals surface area contributed by atoms with E-state index < -0.39 is 0 Å². The predicted molar refractivity (Wildman–Crippen MR) is 84.9 cm³/mol. The summed E-state index contributed by atoms with van der Waals surface area (Å²) in [6.07, 6.45) is 1.95. The maximum atomic E-state index is 12.5. The minimum atomic E-state index is 0.0899. The van der Waals surface area contributed by atoms with Crippen LogP contribution in [0.1, 0.15) is 29.9 Å². The fraction of sp³-hybridized carbons (Fsp3) is 0.312. The van der Waals surface area contributed by atoms with Gasteiger partial charge in [0.2, 0.25) is 0 Å². The second-order valence-corrected chi connectivity index (χ2v) is 5.44. The first-order valence-electron chi connectivity index (χ1n) is 6.85. The molecule has 2 aromatic rings. The Morgan fingerprint density at radius 3 is 2.50 bits per heavy atom. The van der Waals surface area contributed by atoms with Crippen molar-refractivity contribution in [2.24, 2.45) is 0 Å². The highest BCUT2D eigenvalue weighted by molar-refractivity contribution is 9.10. The molecule has 0 radical (unpaired) electrons. The summed E-state index contributed by atoms with van der Waals surface area (Å²) in [7, 11) is 0. The summed E-state index contributed by atoms with van der Waals surface area (Å²) in [5, 5.41) is 0. The minimum Gasteiger partial charge on any atom is -0.339 e. The molecule has 106 valence electrons. The van der Waals surface area contributed by atoms with Gasteiger partial charge in [0.15, 0.2) is 0 Å². The number of nitrogens with zero attached hydrogens (tertiary/aromatic N) is 2. The Morgan fingerprint density at radius 2 is 1.85 bits per heavy atom. The van der Waals surface area contributed by atoms with E-state index in [1.165, 1.54) is 0 Å². The fourth-order valence-electron chi connectivity index (χ4n) is 2.23. The normalized spacial score (nSPS) is 10.6. The van der Waals surface area contributed by atoms with Crippen LogP contribution < -0.4 is 0 Å². The van der Waals surface area contributed by atoms with E-state index in [0.29, 0.717) is 6.54 Å². The average Bonchev–Trinajstić information content (AvgIpc) is 2.91. The van der Waals surface area contributed by atoms with Gasteiger partial charge in [0, 0.05) is 30.3 Å². The molecule has 1 amide bonds. The van der Waals surface area contributed by atoms with Crippen LogP contribution in [-0.2, 0) is 6.54 Å². The van der Waals surface area contributed by atoms with Crippen LogP contribution in [0.2, 0.25) is 0 Å². The lowest BCUT2D eigenvalue weighted by Crippen LogP contribution is -2.32. The molecule has 0 saturated carbocycles. The summed E-state index contributed by atoms with van der Waals surface area (Å²) in [6.45, 7) is 6.16. The molecule has 0 spiro atoms. The molecule has 3 nitrogen and oxygen atoms in total. The van der Waals surface area contributed by atoms with Crippen LogP contribution in [-0.4, -0.2) is 28.5 Å². The molecule has 0 saturated heterocycles. The van der Waals surface area contributed by atoms with Crippen molar-refractivity contribution in [3.63, 3.8) is 0 Å². The summed E-state index contributed by atoms with van der Waals surface area (Å²) in [6, 6.07) is 11.9. The zero-order chi connectivity index (χ0) is 14.5. The lowest BCUT2D eigenvalue weighted by molar-refractivity contribution is 0.0762. The van der Waals surface area contributed by atoms with Gasteiger partial charge in [0.05, 0.1) is 0 Å². The molecule has 0 aliphatic heterocycles. The first-order valence-corrected chi connectivity index (χ1v) is 7.64. The quantitative estimate of drug-likeness (QED) is 0.816. The molecule has 0 fully saturated rings. The van der Waals surface area contributed by atoms with Crippen LogP contribution in [0.3, 0.4) is 0 Å². The van der Waals surface area contributed by atoms with E-state index in [-0.39, 0.29) is 5.91 Å². The maximum Gasteiger partial charge on any atom is 0.270 e. The number of carbonyl (C=O) groups is 1. The van der Waals surface area contributed by atoms with Gasteiger partial charge < -0.3 is 9.47 Å². The minimum absolute atomic E-state index is 0.0899. The highest BCUT2D eigenvalue weighted by Gasteiger charge is 2.16. The number of hydrogen-bond acceptors (Lipinski definition) is 1. The molecule has 0 unspecified atom stereocenters. The highest BCUT2D eigenvalue weighted by atomic mass is 79.9. The Kier molecular flexibility index (Phi) is 5.01. The second kappa shape index (κ2) is 6.75. The van der Waals surface area contributed by atoms with Crippen molar-refractivity contribution in [1.82, 2.24) is 9.47 Å². The van der Waals surface area contributed by atoms with Crippen LogP contribution in [0.4, 0.5) is 0 Å². The van der Waals surface area contributed by atoms with E-state index >= 15 is 0 Å². The van der Waals surface area contributed by atoms with Gasteiger partial charge in [-0.1, -0.05) is 34.1 Å². The molecular weight excluding hydrogens is 316 g/mol. The number of amides is 1. The SMILES string of the molecule is CCN(CC)C(=O)c1cccn1Cc1ccccc1Br. The molecule has 1 heterocycles. The van der Waals surface area contributed by atoms with E-state index in [9.17, 15) is 4.79 Å². The Hall–Kier alpha value is -1.55. The van der Waals surface area contributed by atoms with Gasteiger partial charge in [-0.2, -0.15) is 0 Å². The third kappa shape index (κ3) is 3.12. The van der Waals surface area contributed by atoms with Crippen molar-refractivity contribution in [3.8, 4) is 0 Å². The average molecular weight is 335 g/mol. The lowest BCUT2D eigenvalue weighted by Gasteiger charge is -2.20. The Bertz CT molecular complexity index is 588. The first-order chi connectivity index (χ1) is 9.67. The molecule has 0 aliphatic rings. The third-order valence-corrected chi connectivity index (χ3v) is 4.17. The lowest BCUT2D eigenvalue weighted by atomic mass is 10.2. The van der Waals surface area contributed by atoms with Gasteiger partial charge in [0.25, 0.3) is 5.91 Å². The van der Waals surface area contributed by atoms with E-state index in [1.807, 2.05) is 59.8 Å². The van der Waals surface area contributed by atoms with E-state index in [0.717, 1.165) is 28.8 Å². The van der Waals surface area contributed by atoms with E-state index in [2.05, 4.69) is 22.0 Å². The predicted octanol–water partition coefficient (Wildman–Crippen LogP) is 3.78. The summed E-state index contributed by atoms with van der Waals surface area (Å²) >= 11 is 3.55. The topological polar surface area (TPSA) is 25.2 Å². The van der Waals surface area contributed by atoms with Gasteiger partial charge in [-0.3, -0.25) is 4.79 Å². The third-order valence-electron chi connectivity index (χ3n) is 3.40. The van der Waals surface area contributed by atoms with Crippen LogP contribution in [0.15, 0.2) is 47.1 Å². The summed E-state index contributed by atoms with van der Waals surface area (Å²) < 4.78 is 3.07. The van der Waals surface area contributed by atoms with Crippen molar-refractivity contribution in [1.29, 1.82) is 0 Å². The Labute approximate surface area is 128 Å². The highest BCUT2D eigenvalue weighted by Crippen LogP contribution is 2.18. The van der Waals surface area contributed by atoms with Crippen molar-refractivity contribution < 1.29 is 4.79 Å². The number of halogens is 1. The number of rotatable bonds is 5. The van der Waals surface area contributed by atoms with Crippen LogP contribution in [0, 0.1) is 0 Å². The second-order valence-electron chi connectivity index (χ2n) is 4.59. The van der Waals surface area contributed by atoms with Gasteiger partial charge in [-0.25, -0.2) is 0 Å². The smallest absolute Gasteiger partial charge is 0.270 e. The van der Waals surface area contributed by atoms with E-state index in [1.54, 1.807) is 0 Å². The molecule has 0 aliphatic carbocycles. The van der Waals surface area contributed by atoms with Crippen molar-refractivity contribution in [3.05, 3.63) is 58.3 Å². The molecule has 2 rings (SSSR count). The van der Waals surface area contributed by atoms with Gasteiger partial charge in [-0.05, 0) is 37.6 Å². The van der Waals surface area contributed by atoms with Crippen molar-refractivity contribution in [2.75, 3.05) is 13.1 Å². The molecule has 1 aromatic carbocycles. The molecular formula is C16H19BrN2O. The van der Waals surface area contributed by atoms with Crippen LogP contribution in [0.5, 0.6) is 0 Å². The maximum absolute atomic E-state index is 12.5. The molecule has 1 aromatic heterocycles. The number of aromatic nitrogens is 1. The Balaban J connectivity index is 2.25. The molecule has 20 heavy (non-hydrogen) atoms. The van der Waals surface area contributed by atoms with E-state index in [4.69, 9.17) is 0 Å². The van der Waals surface area contributed by atoms with Gasteiger partial charge >= 0.3 is 0 Å². The van der Waals surface area contributed by atoms with Crippen LogP contribution in [0.25, 0.3) is 0 Å². The number of hydrogen-bond donors (Lipinski definition) is 0. The Morgan fingerprint density at radius 1 is 1.15 bits per heavy atom. The first kappa shape index (κ1) is 14.9. The van der Waals surface area contributed by atoms with Crippen LogP contribution >= 0.6 is 15.9 Å². The fourth-order valence-corrected chi connectivity index (χ4v) is 2.64. The molecule has 0 bridgehead atoms. The summed E-state index contributed by atoms with van der Waals surface area (Å²) in [4.78, 5) is 14.3. The zero-order valence-corrected chi connectivity index (χ0v) is 13.4. The van der Waals surface area contributed by atoms with Crippen molar-refractivity contribution in [2.45, 2.75) is 20.4 Å². The summed E-state index contributed by atoms with van der Waals surface area (Å²) in [5.74, 6) is 0.0899. The number of carbonyl (C=O) groups excluding carboxylic acids is 1. The van der Waals surface area contributed by atoms with Crippen molar-refractivity contribution >= 4 is 21.8 Å². The standard InChI is InChI=1S/C16H19BrN2O/c1-3-18(4-2)16(20)15-10-7-11-19(15)12-13-8-5-6-9-14(13)17/h5-11H,3-4,12H2,1-2H3. The zero-order valence-electron chi connectivity index (χ0n) is 11.8. The largest absolute Gasteiger partial charge is 0.339 e. The monoisotopic (exact) mass is 334 g/mol.